The predicted molar refractivity (Wildman–Crippen MR) is 105 cm³/mol. The number of aliphatic imine (C=N–C) groups is 1. The first-order valence-corrected chi connectivity index (χ1v) is 7.87. The van der Waals surface area contributed by atoms with Gasteiger partial charge in [0.2, 0.25) is 0 Å². The van der Waals surface area contributed by atoms with E-state index in [9.17, 15) is 4.79 Å². The van der Waals surface area contributed by atoms with Gasteiger partial charge in [0.15, 0.2) is 5.96 Å². The van der Waals surface area contributed by atoms with E-state index in [2.05, 4.69) is 16.9 Å². The summed E-state index contributed by atoms with van der Waals surface area (Å²) in [4.78, 5) is 18.3. The fourth-order valence-corrected chi connectivity index (χ4v) is 2.27. The highest BCUT2D eigenvalue weighted by atomic mass is 127. The molecule has 7 heteroatoms. The summed E-state index contributed by atoms with van der Waals surface area (Å²) in [5, 5.41) is 3.09. The third-order valence-electron chi connectivity index (χ3n) is 3.29. The number of carbonyl (C=O) groups excluding carboxylic acids is 1. The maximum Gasteiger partial charge on any atom is 0.410 e. The first-order valence-electron chi connectivity index (χ1n) is 7.87. The SMILES string of the molecule is C=C(C)CN=C(N)NCC1CCCCN1C(=O)OC(C)(C)C.I. The van der Waals surface area contributed by atoms with Crippen LogP contribution in [0.4, 0.5) is 4.79 Å². The maximum atomic E-state index is 12.3. The molecule has 1 aliphatic heterocycles. The minimum Gasteiger partial charge on any atom is -0.444 e. The minimum absolute atomic E-state index is 0. The van der Waals surface area contributed by atoms with Crippen LogP contribution in [-0.2, 0) is 4.74 Å². The molecule has 1 atom stereocenters. The third kappa shape index (κ3) is 9.02. The van der Waals surface area contributed by atoms with Gasteiger partial charge in [-0.1, -0.05) is 12.2 Å². The van der Waals surface area contributed by atoms with Crippen LogP contribution in [0.15, 0.2) is 17.1 Å². The predicted octanol–water partition coefficient (Wildman–Crippen LogP) is 2.87. The lowest BCUT2D eigenvalue weighted by Crippen LogP contribution is -2.51. The highest BCUT2D eigenvalue weighted by Crippen LogP contribution is 2.19. The largest absolute Gasteiger partial charge is 0.444 e. The Labute approximate surface area is 156 Å². The number of nitrogens with zero attached hydrogens (tertiary/aromatic N) is 2. The van der Waals surface area contributed by atoms with Crippen molar-refractivity contribution in [3.05, 3.63) is 12.2 Å². The number of amides is 1. The van der Waals surface area contributed by atoms with Crippen LogP contribution < -0.4 is 11.1 Å². The number of piperidine rings is 1. The molecule has 0 aromatic rings. The van der Waals surface area contributed by atoms with E-state index in [1.165, 1.54) is 0 Å². The van der Waals surface area contributed by atoms with Gasteiger partial charge in [0.1, 0.15) is 5.60 Å². The number of hydrogen-bond acceptors (Lipinski definition) is 3. The van der Waals surface area contributed by atoms with Crippen molar-refractivity contribution in [3.63, 3.8) is 0 Å². The molecule has 1 aliphatic rings. The van der Waals surface area contributed by atoms with Crippen LogP contribution in [0.5, 0.6) is 0 Å². The van der Waals surface area contributed by atoms with Gasteiger partial charge in [0.25, 0.3) is 0 Å². The standard InChI is InChI=1S/C16H30N4O2.HI/c1-12(2)10-18-14(17)19-11-13-8-6-7-9-20(13)15(21)22-16(3,4)5;/h13H,1,6-11H2,2-5H3,(H3,17,18,19);1H. The number of carbonyl (C=O) groups is 1. The molecule has 1 saturated heterocycles. The monoisotopic (exact) mass is 438 g/mol. The van der Waals surface area contributed by atoms with E-state index in [0.29, 0.717) is 19.0 Å². The first-order chi connectivity index (χ1) is 10.2. The van der Waals surface area contributed by atoms with Gasteiger partial charge < -0.3 is 20.7 Å². The van der Waals surface area contributed by atoms with Crippen LogP contribution in [0.2, 0.25) is 0 Å². The molecule has 1 unspecified atom stereocenters. The van der Waals surface area contributed by atoms with E-state index in [-0.39, 0.29) is 36.1 Å². The number of likely N-dealkylation sites (tertiary alicyclic amines) is 1. The second kappa shape index (κ2) is 10.00. The zero-order valence-corrected chi connectivity index (χ0v) is 17.1. The van der Waals surface area contributed by atoms with Gasteiger partial charge >= 0.3 is 6.09 Å². The number of nitrogens with one attached hydrogen (secondary N) is 1. The second-order valence-electron chi connectivity index (χ2n) is 6.86. The summed E-state index contributed by atoms with van der Waals surface area (Å²) >= 11 is 0. The number of halogens is 1. The highest BCUT2D eigenvalue weighted by molar-refractivity contribution is 14.0. The molecule has 1 rings (SSSR count). The maximum absolute atomic E-state index is 12.3. The Morgan fingerprint density at radius 3 is 2.65 bits per heavy atom. The number of rotatable bonds is 4. The number of guanidine groups is 1. The van der Waals surface area contributed by atoms with E-state index in [4.69, 9.17) is 10.5 Å². The van der Waals surface area contributed by atoms with Crippen molar-refractivity contribution < 1.29 is 9.53 Å². The molecule has 1 heterocycles. The molecular weight excluding hydrogens is 407 g/mol. The van der Waals surface area contributed by atoms with Crippen molar-refractivity contribution >= 4 is 36.0 Å². The minimum atomic E-state index is -0.478. The Hall–Kier alpha value is -0.990. The lowest BCUT2D eigenvalue weighted by molar-refractivity contribution is 0.0104. The lowest BCUT2D eigenvalue weighted by Gasteiger charge is -2.36. The van der Waals surface area contributed by atoms with Crippen molar-refractivity contribution in [3.8, 4) is 0 Å². The molecule has 3 N–H and O–H groups in total. The highest BCUT2D eigenvalue weighted by Gasteiger charge is 2.30. The molecule has 0 aliphatic carbocycles. The molecule has 1 fully saturated rings. The van der Waals surface area contributed by atoms with Gasteiger partial charge in [-0.25, -0.2) is 9.79 Å². The van der Waals surface area contributed by atoms with E-state index in [0.717, 1.165) is 31.4 Å². The van der Waals surface area contributed by atoms with Gasteiger partial charge in [0.05, 0.1) is 12.6 Å². The molecule has 0 aromatic carbocycles. The van der Waals surface area contributed by atoms with Crippen LogP contribution in [-0.4, -0.2) is 48.2 Å². The zero-order valence-electron chi connectivity index (χ0n) is 14.7. The molecule has 23 heavy (non-hydrogen) atoms. The summed E-state index contributed by atoms with van der Waals surface area (Å²) in [5.74, 6) is 0.387. The number of ether oxygens (including phenoxy) is 1. The summed E-state index contributed by atoms with van der Waals surface area (Å²) in [6.45, 7) is 13.2. The van der Waals surface area contributed by atoms with Crippen molar-refractivity contribution in [1.82, 2.24) is 10.2 Å². The van der Waals surface area contributed by atoms with Crippen molar-refractivity contribution in [2.75, 3.05) is 19.6 Å². The average molecular weight is 438 g/mol. The van der Waals surface area contributed by atoms with Crippen molar-refractivity contribution in [2.45, 2.75) is 58.6 Å². The van der Waals surface area contributed by atoms with Gasteiger partial charge in [-0.15, -0.1) is 24.0 Å². The summed E-state index contributed by atoms with van der Waals surface area (Å²) in [6.07, 6.45) is 2.81. The molecule has 1 amide bonds. The summed E-state index contributed by atoms with van der Waals surface area (Å²) in [5.41, 5.74) is 6.30. The van der Waals surface area contributed by atoms with E-state index < -0.39 is 5.60 Å². The van der Waals surface area contributed by atoms with Crippen LogP contribution >= 0.6 is 24.0 Å². The summed E-state index contributed by atoms with van der Waals surface area (Å²) in [7, 11) is 0. The Kier molecular flexibility index (Phi) is 9.57. The van der Waals surface area contributed by atoms with E-state index in [1.807, 2.05) is 27.7 Å². The number of nitrogens with two attached hydrogens (primary N) is 1. The Morgan fingerprint density at radius 1 is 1.43 bits per heavy atom. The fraction of sp³-hybridized carbons (Fsp3) is 0.750. The van der Waals surface area contributed by atoms with Gasteiger partial charge in [-0.05, 0) is 47.0 Å². The zero-order chi connectivity index (χ0) is 16.8. The smallest absolute Gasteiger partial charge is 0.410 e. The molecule has 134 valence electrons. The van der Waals surface area contributed by atoms with Gasteiger partial charge in [0, 0.05) is 13.1 Å². The Balaban J connectivity index is 0.00000484. The van der Waals surface area contributed by atoms with Crippen LogP contribution in [0.3, 0.4) is 0 Å². The lowest BCUT2D eigenvalue weighted by atomic mass is 10.0. The van der Waals surface area contributed by atoms with Gasteiger partial charge in [-0.3, -0.25) is 0 Å². The Morgan fingerprint density at radius 2 is 2.09 bits per heavy atom. The molecule has 0 aromatic heterocycles. The summed E-state index contributed by atoms with van der Waals surface area (Å²) in [6, 6.07) is 0.0854. The van der Waals surface area contributed by atoms with E-state index in [1.54, 1.807) is 4.90 Å². The molecule has 0 radical (unpaired) electrons. The normalized spacial score (nSPS) is 18.9. The molecule has 0 spiro atoms. The molecule has 0 bridgehead atoms. The van der Waals surface area contributed by atoms with E-state index >= 15 is 0 Å². The first kappa shape index (κ1) is 22.0. The van der Waals surface area contributed by atoms with Crippen molar-refractivity contribution in [2.24, 2.45) is 10.7 Å². The topological polar surface area (TPSA) is 80.0 Å². The van der Waals surface area contributed by atoms with Gasteiger partial charge in [-0.2, -0.15) is 0 Å². The fourth-order valence-electron chi connectivity index (χ4n) is 2.27. The van der Waals surface area contributed by atoms with Crippen molar-refractivity contribution in [1.29, 1.82) is 0 Å². The second-order valence-corrected chi connectivity index (χ2v) is 6.86. The van der Waals surface area contributed by atoms with Crippen LogP contribution in [0.1, 0.15) is 47.0 Å². The van der Waals surface area contributed by atoms with Crippen LogP contribution in [0, 0.1) is 0 Å². The summed E-state index contributed by atoms with van der Waals surface area (Å²) < 4.78 is 5.48. The number of hydrogen-bond donors (Lipinski definition) is 2. The average Bonchev–Trinajstić information content (AvgIpc) is 2.41. The molecule has 0 saturated carbocycles. The third-order valence-corrected chi connectivity index (χ3v) is 3.29. The van der Waals surface area contributed by atoms with Crippen LogP contribution in [0.25, 0.3) is 0 Å². The quantitative estimate of drug-likeness (QED) is 0.306. The Bertz CT molecular complexity index is 432. The molecule has 6 nitrogen and oxygen atoms in total. The molecular formula is C16H31IN4O2.